The molecular formula is C32H23N8OTi-3. The molecule has 0 unspecified atom stereocenters. The van der Waals surface area contributed by atoms with Crippen molar-refractivity contribution in [2.45, 2.75) is 0 Å². The van der Waals surface area contributed by atoms with E-state index < -0.39 is 0 Å². The monoisotopic (exact) mass is 583 g/mol. The van der Waals surface area contributed by atoms with Crippen molar-refractivity contribution in [3.63, 3.8) is 0 Å². The van der Waals surface area contributed by atoms with Crippen LogP contribution in [0.3, 0.4) is 0 Å². The Morgan fingerprint density at radius 2 is 0.548 bits per heavy atom. The number of nitrogens with one attached hydrogen (secondary N) is 6. The van der Waals surface area contributed by atoms with Crippen molar-refractivity contribution in [1.29, 1.82) is 0 Å². The zero-order valence-electron chi connectivity index (χ0n) is 22.1. The first-order valence-electron chi connectivity index (χ1n) is 13.2. The van der Waals surface area contributed by atoms with Gasteiger partial charge in [0, 0.05) is 66.5 Å². The second-order valence-electron chi connectivity index (χ2n) is 10.1. The topological polar surface area (TPSA) is 138 Å². The summed E-state index contributed by atoms with van der Waals surface area (Å²) >= 11 is 0. The first-order chi connectivity index (χ1) is 19.8. The van der Waals surface area contributed by atoms with E-state index in [0.717, 1.165) is 89.6 Å². The van der Waals surface area contributed by atoms with Crippen LogP contribution in [-0.4, -0.2) is 15.4 Å². The van der Waals surface area contributed by atoms with Crippen LogP contribution in [0.1, 0.15) is 0 Å². The summed E-state index contributed by atoms with van der Waals surface area (Å²) < 4.78 is 0. The van der Waals surface area contributed by atoms with Crippen LogP contribution in [0.5, 0.6) is 0 Å². The third-order valence-corrected chi connectivity index (χ3v) is 7.73. The van der Waals surface area contributed by atoms with Crippen molar-refractivity contribution in [2.75, 3.05) is 21.3 Å². The van der Waals surface area contributed by atoms with Crippen LogP contribution in [0.25, 0.3) is 43.1 Å². The van der Waals surface area contributed by atoms with Crippen molar-refractivity contribution in [1.82, 2.24) is 19.9 Å². The minimum absolute atomic E-state index is 0. The third-order valence-electron chi connectivity index (χ3n) is 7.73. The summed E-state index contributed by atoms with van der Waals surface area (Å²) in [6.45, 7) is 0. The Hall–Kier alpha value is -5.09. The van der Waals surface area contributed by atoms with Gasteiger partial charge in [-0.2, -0.15) is 0 Å². The summed E-state index contributed by atoms with van der Waals surface area (Å²) in [5.74, 6) is 6.55. The number of H-pyrrole nitrogens is 2. The van der Waals surface area contributed by atoms with Crippen LogP contribution in [-0.2, 0) is 21.7 Å². The minimum atomic E-state index is 0. The first kappa shape index (κ1) is 25.9. The van der Waals surface area contributed by atoms with Crippen LogP contribution in [0.15, 0.2) is 97.1 Å². The van der Waals surface area contributed by atoms with Gasteiger partial charge in [0.25, 0.3) is 0 Å². The molecule has 7 N–H and O–H groups in total. The van der Waals surface area contributed by atoms with Crippen molar-refractivity contribution in [3.8, 4) is 0 Å². The number of aromatic nitrogens is 4. The molecule has 0 spiro atoms. The Labute approximate surface area is 254 Å². The molecule has 4 aromatic carbocycles. The molecule has 0 atom stereocenters. The second-order valence-corrected chi connectivity index (χ2v) is 10.1. The summed E-state index contributed by atoms with van der Waals surface area (Å²) in [6, 6.07) is 33.1. The number of hydrogen-bond acceptors (Lipinski definition) is 5. The molecular weight excluding hydrogens is 560 g/mol. The molecule has 0 saturated heterocycles. The van der Waals surface area contributed by atoms with Crippen LogP contribution in [0.4, 0.5) is 46.5 Å². The van der Waals surface area contributed by atoms with Gasteiger partial charge in [-0.3, -0.25) is 0 Å². The van der Waals surface area contributed by atoms with E-state index in [1.54, 1.807) is 0 Å². The molecule has 0 fully saturated rings. The van der Waals surface area contributed by atoms with Crippen LogP contribution in [0.2, 0.25) is 0 Å². The van der Waals surface area contributed by atoms with E-state index in [4.69, 9.17) is 9.97 Å². The summed E-state index contributed by atoms with van der Waals surface area (Å²) in [5, 5.41) is 22.8. The molecule has 8 bridgehead atoms. The number of aromatic amines is 2. The molecule has 1 aliphatic rings. The van der Waals surface area contributed by atoms with E-state index in [2.05, 4.69) is 79.8 Å². The van der Waals surface area contributed by atoms with E-state index in [0.29, 0.717) is 0 Å². The van der Waals surface area contributed by atoms with E-state index in [1.165, 1.54) is 0 Å². The molecule has 0 aliphatic carbocycles. The number of anilines is 8. The summed E-state index contributed by atoms with van der Waals surface area (Å²) in [7, 11) is 0. The van der Waals surface area contributed by atoms with Crippen molar-refractivity contribution < 1.29 is 27.2 Å². The average molecular weight is 583 g/mol. The number of rotatable bonds is 0. The zero-order valence-corrected chi connectivity index (χ0v) is 23.6. The Balaban J connectivity index is 0.00000144. The van der Waals surface area contributed by atoms with Gasteiger partial charge in [0.2, 0.25) is 0 Å². The number of fused-ring (bicyclic) bond motifs is 20. The molecule has 42 heavy (non-hydrogen) atoms. The molecule has 9 rings (SSSR count). The predicted octanol–water partition coefficient (Wildman–Crippen LogP) is 7.98. The smallest absolute Gasteiger partial charge is 0.0585 e. The Morgan fingerprint density at radius 3 is 0.786 bits per heavy atom. The summed E-state index contributed by atoms with van der Waals surface area (Å²) in [4.78, 5) is 17.2. The number of hydrogen-bond donors (Lipinski definition) is 6. The van der Waals surface area contributed by atoms with Gasteiger partial charge < -0.3 is 46.7 Å². The third kappa shape index (κ3) is 3.79. The van der Waals surface area contributed by atoms with Gasteiger partial charge in [0.15, 0.2) is 0 Å². The predicted molar refractivity (Wildman–Crippen MR) is 166 cm³/mol. The quantitative estimate of drug-likeness (QED) is 0.0996. The maximum atomic E-state index is 5.04. The van der Waals surface area contributed by atoms with Crippen LogP contribution >= 0.6 is 0 Å². The fourth-order valence-electron chi connectivity index (χ4n) is 5.86. The largest absolute Gasteiger partial charge is 0.870 e. The average Bonchev–Trinajstić information content (AvgIpc) is 3.73. The fourth-order valence-corrected chi connectivity index (χ4v) is 5.86. The SMILES string of the molecule is [OH-].[Ti].c1ccc2c3[n-]c(c2c1)Nc1[nH]c(c2ccccc12)Nc1[n-]c(c2ccccc12)Nc1[nH]c(c2ccccc12)N3. The Kier molecular flexibility index (Phi) is 6.02. The molecule has 4 aromatic heterocycles. The van der Waals surface area contributed by atoms with Crippen LogP contribution < -0.4 is 31.2 Å². The number of nitrogens with zero attached hydrogens (tertiary/aromatic N) is 2. The van der Waals surface area contributed by atoms with E-state index in [-0.39, 0.29) is 27.2 Å². The molecule has 0 amide bonds. The van der Waals surface area contributed by atoms with Crippen LogP contribution in [0, 0.1) is 0 Å². The molecule has 9 nitrogen and oxygen atoms in total. The number of benzene rings is 4. The molecule has 5 heterocycles. The Morgan fingerprint density at radius 1 is 0.333 bits per heavy atom. The molecule has 204 valence electrons. The van der Waals surface area contributed by atoms with E-state index in [1.807, 2.05) is 48.5 Å². The van der Waals surface area contributed by atoms with Gasteiger partial charge in [0.1, 0.15) is 0 Å². The van der Waals surface area contributed by atoms with Gasteiger partial charge in [-0.25, -0.2) is 0 Å². The van der Waals surface area contributed by atoms with Gasteiger partial charge in [0.05, 0.1) is 23.3 Å². The standard InChI is InChI=1S/C32H22N8.H2O.Ti/c1-2-10-18-17(9-1)25-33-26(18)38-28-21-13-5-6-14-22(21)30(35-28)40-32-24-16-8-7-15-23(24)31(36-32)39-29-20-12-4-3-11-19(20)27(34-29)37-25;;/h1-16,33,36-40H;1H2;/q-2;;/p-1. The Bertz CT molecular complexity index is 1790. The zero-order chi connectivity index (χ0) is 26.2. The molecule has 0 radical (unpaired) electrons. The minimum Gasteiger partial charge on any atom is -0.870 e. The van der Waals surface area contributed by atoms with Gasteiger partial charge >= 0.3 is 0 Å². The van der Waals surface area contributed by atoms with E-state index >= 15 is 0 Å². The second kappa shape index (κ2) is 9.78. The van der Waals surface area contributed by atoms with Gasteiger partial charge in [-0.05, 0) is 21.5 Å². The van der Waals surface area contributed by atoms with Gasteiger partial charge in [-0.1, -0.05) is 97.1 Å². The maximum absolute atomic E-state index is 5.04. The first-order valence-corrected chi connectivity index (χ1v) is 13.2. The summed E-state index contributed by atoms with van der Waals surface area (Å²) in [6.07, 6.45) is 0. The fraction of sp³-hybridized carbons (Fsp3) is 0. The van der Waals surface area contributed by atoms with E-state index in [9.17, 15) is 0 Å². The van der Waals surface area contributed by atoms with Gasteiger partial charge in [-0.15, -0.1) is 0 Å². The molecule has 10 heteroatoms. The van der Waals surface area contributed by atoms with Crippen molar-refractivity contribution in [2.24, 2.45) is 0 Å². The molecule has 8 aromatic rings. The normalized spacial score (nSPS) is 12.2. The summed E-state index contributed by atoms with van der Waals surface area (Å²) in [5.41, 5.74) is 0. The van der Waals surface area contributed by atoms with Crippen molar-refractivity contribution >= 4 is 89.6 Å². The molecule has 0 saturated carbocycles. The van der Waals surface area contributed by atoms with Crippen molar-refractivity contribution in [3.05, 3.63) is 97.1 Å². The molecule has 1 aliphatic heterocycles. The maximum Gasteiger partial charge on any atom is 0.0585 e.